The molecule has 3 nitrogen and oxygen atoms in total. The molecule has 0 aliphatic heterocycles. The highest BCUT2D eigenvalue weighted by molar-refractivity contribution is 5.78. The fourth-order valence-electron chi connectivity index (χ4n) is 1.61. The molecule has 2 atom stereocenters. The van der Waals surface area contributed by atoms with Gasteiger partial charge in [-0.3, -0.25) is 4.79 Å². The lowest BCUT2D eigenvalue weighted by molar-refractivity contribution is -0.146. The summed E-state index contributed by atoms with van der Waals surface area (Å²) in [7, 11) is 0. The number of rotatable bonds is 3. The molecule has 84 valence electrons. The van der Waals surface area contributed by atoms with Crippen molar-refractivity contribution in [2.45, 2.75) is 33.7 Å². The molecule has 0 aromatic carbocycles. The lowest BCUT2D eigenvalue weighted by Crippen LogP contribution is -2.35. The van der Waals surface area contributed by atoms with Gasteiger partial charge >= 0.3 is 5.97 Å². The Morgan fingerprint density at radius 1 is 1.60 bits per heavy atom. The minimum absolute atomic E-state index is 0.00116. The zero-order valence-corrected chi connectivity index (χ0v) is 9.74. The highest BCUT2D eigenvalue weighted by Crippen LogP contribution is 2.34. The number of carboxylic acid groups (broad SMARTS) is 1. The SMILES string of the molecule is CC(C)NC1=CC(C)C(C)(C(=O)O)C=C1. The molecule has 0 spiro atoms. The number of aliphatic carboxylic acids is 1. The van der Waals surface area contributed by atoms with E-state index in [2.05, 4.69) is 19.2 Å². The van der Waals surface area contributed by atoms with Gasteiger partial charge in [0.15, 0.2) is 0 Å². The first-order chi connectivity index (χ1) is 6.86. The van der Waals surface area contributed by atoms with E-state index in [4.69, 9.17) is 5.11 Å². The summed E-state index contributed by atoms with van der Waals surface area (Å²) >= 11 is 0. The molecule has 0 saturated carbocycles. The van der Waals surface area contributed by atoms with Gasteiger partial charge in [-0.2, -0.15) is 0 Å². The highest BCUT2D eigenvalue weighted by atomic mass is 16.4. The van der Waals surface area contributed by atoms with E-state index in [1.807, 2.05) is 19.1 Å². The van der Waals surface area contributed by atoms with Gasteiger partial charge in [0.05, 0.1) is 5.41 Å². The largest absolute Gasteiger partial charge is 0.481 e. The van der Waals surface area contributed by atoms with E-state index < -0.39 is 11.4 Å². The third-order valence-corrected chi connectivity index (χ3v) is 2.90. The van der Waals surface area contributed by atoms with Crippen LogP contribution in [0.25, 0.3) is 0 Å². The number of hydrogen-bond acceptors (Lipinski definition) is 2. The first-order valence-electron chi connectivity index (χ1n) is 5.27. The molecule has 0 fully saturated rings. The van der Waals surface area contributed by atoms with Crippen molar-refractivity contribution in [1.82, 2.24) is 5.32 Å². The maximum atomic E-state index is 11.1. The van der Waals surface area contributed by atoms with Crippen molar-refractivity contribution in [3.8, 4) is 0 Å². The van der Waals surface area contributed by atoms with Gasteiger partial charge in [0.25, 0.3) is 0 Å². The van der Waals surface area contributed by atoms with E-state index in [1.165, 1.54) is 0 Å². The molecule has 0 amide bonds. The van der Waals surface area contributed by atoms with Crippen LogP contribution < -0.4 is 5.32 Å². The second-order valence-corrected chi connectivity index (χ2v) is 4.63. The van der Waals surface area contributed by atoms with Crippen LogP contribution in [0.3, 0.4) is 0 Å². The van der Waals surface area contributed by atoms with Crippen LogP contribution in [0, 0.1) is 11.3 Å². The maximum Gasteiger partial charge on any atom is 0.313 e. The molecule has 1 aliphatic carbocycles. The van der Waals surface area contributed by atoms with Crippen molar-refractivity contribution in [1.29, 1.82) is 0 Å². The molecular formula is C12H19NO2. The summed E-state index contributed by atoms with van der Waals surface area (Å²) in [4.78, 5) is 11.1. The van der Waals surface area contributed by atoms with Gasteiger partial charge in [-0.25, -0.2) is 0 Å². The van der Waals surface area contributed by atoms with Crippen molar-refractivity contribution in [3.63, 3.8) is 0 Å². The Bertz CT molecular complexity index is 318. The Morgan fingerprint density at radius 3 is 2.60 bits per heavy atom. The minimum Gasteiger partial charge on any atom is -0.481 e. The average molecular weight is 209 g/mol. The second-order valence-electron chi connectivity index (χ2n) is 4.63. The molecule has 15 heavy (non-hydrogen) atoms. The molecule has 2 unspecified atom stereocenters. The molecule has 0 aromatic heterocycles. The summed E-state index contributed by atoms with van der Waals surface area (Å²) in [6.45, 7) is 7.80. The van der Waals surface area contributed by atoms with E-state index >= 15 is 0 Å². The molecule has 0 saturated heterocycles. The third kappa shape index (κ3) is 2.41. The molecule has 2 N–H and O–H groups in total. The predicted octanol–water partition coefficient (Wildman–Crippen LogP) is 2.17. The Labute approximate surface area is 90.9 Å². The van der Waals surface area contributed by atoms with Crippen LogP contribution in [0.15, 0.2) is 23.9 Å². The lowest BCUT2D eigenvalue weighted by Gasteiger charge is -2.30. The summed E-state index contributed by atoms with van der Waals surface area (Å²) in [6.07, 6.45) is 5.60. The summed E-state index contributed by atoms with van der Waals surface area (Å²) in [5, 5.41) is 12.4. The van der Waals surface area contributed by atoms with Gasteiger partial charge in [0.1, 0.15) is 0 Å². The first kappa shape index (κ1) is 11.8. The van der Waals surface area contributed by atoms with Gasteiger partial charge in [0, 0.05) is 11.7 Å². The number of nitrogens with one attached hydrogen (secondary N) is 1. The molecule has 0 bridgehead atoms. The Hall–Kier alpha value is -1.25. The molecule has 0 aromatic rings. The van der Waals surface area contributed by atoms with Gasteiger partial charge in [-0.1, -0.05) is 19.1 Å². The highest BCUT2D eigenvalue weighted by Gasteiger charge is 2.37. The van der Waals surface area contributed by atoms with Crippen molar-refractivity contribution < 1.29 is 9.90 Å². The number of carboxylic acids is 1. The molecule has 1 aliphatic rings. The Balaban J connectivity index is 2.83. The smallest absolute Gasteiger partial charge is 0.313 e. The zero-order chi connectivity index (χ0) is 11.6. The minimum atomic E-state index is -0.776. The van der Waals surface area contributed by atoms with Gasteiger partial charge in [-0.15, -0.1) is 0 Å². The number of hydrogen-bond donors (Lipinski definition) is 2. The molecule has 0 radical (unpaired) electrons. The van der Waals surface area contributed by atoms with Crippen LogP contribution in [-0.4, -0.2) is 17.1 Å². The van der Waals surface area contributed by atoms with Gasteiger partial charge in [-0.05, 0) is 32.8 Å². The van der Waals surface area contributed by atoms with E-state index in [9.17, 15) is 4.79 Å². The van der Waals surface area contributed by atoms with Crippen molar-refractivity contribution in [3.05, 3.63) is 23.9 Å². The summed E-state index contributed by atoms with van der Waals surface area (Å²) < 4.78 is 0. The monoisotopic (exact) mass is 209 g/mol. The quantitative estimate of drug-likeness (QED) is 0.749. The molecular weight excluding hydrogens is 190 g/mol. The maximum absolute atomic E-state index is 11.1. The van der Waals surface area contributed by atoms with Gasteiger partial charge in [0.2, 0.25) is 0 Å². The van der Waals surface area contributed by atoms with Crippen molar-refractivity contribution in [2.24, 2.45) is 11.3 Å². The Morgan fingerprint density at radius 2 is 2.20 bits per heavy atom. The van der Waals surface area contributed by atoms with Crippen LogP contribution >= 0.6 is 0 Å². The van der Waals surface area contributed by atoms with E-state index in [-0.39, 0.29) is 5.92 Å². The van der Waals surface area contributed by atoms with Crippen LogP contribution in [-0.2, 0) is 4.79 Å². The summed E-state index contributed by atoms with van der Waals surface area (Å²) in [5.74, 6) is -0.771. The van der Waals surface area contributed by atoms with Crippen molar-refractivity contribution >= 4 is 5.97 Å². The fourth-order valence-corrected chi connectivity index (χ4v) is 1.61. The molecule has 1 rings (SSSR count). The first-order valence-corrected chi connectivity index (χ1v) is 5.27. The standard InChI is InChI=1S/C12H19NO2/c1-8(2)13-10-5-6-12(4,11(14)15)9(3)7-10/h5-9,13H,1-4H3,(H,14,15). The van der Waals surface area contributed by atoms with Crippen LogP contribution in [0.4, 0.5) is 0 Å². The average Bonchev–Trinajstić information content (AvgIpc) is 2.10. The lowest BCUT2D eigenvalue weighted by atomic mass is 9.75. The van der Waals surface area contributed by atoms with E-state index in [0.717, 1.165) is 5.70 Å². The molecule has 0 heterocycles. The summed E-state index contributed by atoms with van der Waals surface area (Å²) in [5.41, 5.74) is 0.235. The van der Waals surface area contributed by atoms with E-state index in [1.54, 1.807) is 13.0 Å². The number of allylic oxidation sites excluding steroid dienone is 2. The summed E-state index contributed by atoms with van der Waals surface area (Å²) in [6, 6.07) is 0.363. The topological polar surface area (TPSA) is 49.3 Å². The predicted molar refractivity (Wildman–Crippen MR) is 60.4 cm³/mol. The zero-order valence-electron chi connectivity index (χ0n) is 9.74. The number of carbonyl (C=O) groups is 1. The normalized spacial score (nSPS) is 30.2. The molecule has 3 heteroatoms. The third-order valence-electron chi connectivity index (χ3n) is 2.90. The van der Waals surface area contributed by atoms with Gasteiger partial charge < -0.3 is 10.4 Å². The Kier molecular flexibility index (Phi) is 3.22. The fraction of sp³-hybridized carbons (Fsp3) is 0.583. The van der Waals surface area contributed by atoms with Crippen LogP contribution in [0.1, 0.15) is 27.7 Å². The second kappa shape index (κ2) is 4.09. The van der Waals surface area contributed by atoms with Crippen LogP contribution in [0.5, 0.6) is 0 Å². The van der Waals surface area contributed by atoms with E-state index in [0.29, 0.717) is 6.04 Å². The van der Waals surface area contributed by atoms with Crippen molar-refractivity contribution in [2.75, 3.05) is 0 Å². The van der Waals surface area contributed by atoms with Crippen LogP contribution in [0.2, 0.25) is 0 Å².